The Kier molecular flexibility index (Phi) is 6.62. The van der Waals surface area contributed by atoms with E-state index in [1.165, 1.54) is 0 Å². The summed E-state index contributed by atoms with van der Waals surface area (Å²) in [4.78, 5) is 11.9. The summed E-state index contributed by atoms with van der Waals surface area (Å²) in [6.07, 6.45) is -2.84. The molecule has 22 heavy (non-hydrogen) atoms. The third-order valence-electron chi connectivity index (χ3n) is 3.48. The Morgan fingerprint density at radius 2 is 2.09 bits per heavy atom. The highest BCUT2D eigenvalue weighted by Gasteiger charge is 2.34. The van der Waals surface area contributed by atoms with Crippen LogP contribution < -0.4 is 10.6 Å². The summed E-state index contributed by atoms with van der Waals surface area (Å²) < 4.78 is 50.9. The molecule has 124 valence electrons. The average Bonchev–Trinajstić information content (AvgIpc) is 2.45. The average molecular weight is 341 g/mol. The smallest absolute Gasteiger partial charge is 0.352 e. The first kappa shape index (κ1) is 18.7. The van der Waals surface area contributed by atoms with Crippen LogP contribution in [0.5, 0.6) is 0 Å². The number of carbonyl (C=O) groups is 1. The van der Waals surface area contributed by atoms with Gasteiger partial charge in [0.25, 0.3) is 5.91 Å². The minimum atomic E-state index is -4.81. The second kappa shape index (κ2) is 7.78. The summed E-state index contributed by atoms with van der Waals surface area (Å²) in [5.74, 6) is -1.73. The van der Waals surface area contributed by atoms with Gasteiger partial charge in [0.2, 0.25) is 0 Å². The van der Waals surface area contributed by atoms with Crippen molar-refractivity contribution in [3.05, 3.63) is 35.1 Å². The lowest BCUT2D eigenvalue weighted by atomic mass is 9.99. The summed E-state index contributed by atoms with van der Waals surface area (Å²) in [7, 11) is 0. The molecule has 1 heterocycles. The summed E-state index contributed by atoms with van der Waals surface area (Å²) in [5, 5.41) is 5.78. The van der Waals surface area contributed by atoms with Crippen LogP contribution >= 0.6 is 12.4 Å². The Balaban J connectivity index is 0.00000242. The number of hydrogen-bond acceptors (Lipinski definition) is 2. The van der Waals surface area contributed by atoms with Crippen LogP contribution in [0.1, 0.15) is 28.8 Å². The predicted octanol–water partition coefficient (Wildman–Crippen LogP) is 3.00. The van der Waals surface area contributed by atoms with Gasteiger partial charge in [-0.1, -0.05) is 0 Å². The highest BCUT2D eigenvalue weighted by molar-refractivity contribution is 5.94. The van der Waals surface area contributed by atoms with Gasteiger partial charge in [-0.2, -0.15) is 13.2 Å². The molecule has 1 aliphatic heterocycles. The molecule has 1 amide bonds. The fraction of sp³-hybridized carbons (Fsp3) is 0.500. The molecule has 0 bridgehead atoms. The minimum Gasteiger partial charge on any atom is -0.352 e. The van der Waals surface area contributed by atoms with Crippen LogP contribution in [0.15, 0.2) is 18.2 Å². The van der Waals surface area contributed by atoms with Gasteiger partial charge < -0.3 is 10.6 Å². The Labute approximate surface area is 131 Å². The molecule has 1 aromatic carbocycles. The predicted molar refractivity (Wildman–Crippen MR) is 76.6 cm³/mol. The second-order valence-corrected chi connectivity index (χ2v) is 5.11. The van der Waals surface area contributed by atoms with Crippen LogP contribution in [0, 0.1) is 11.7 Å². The van der Waals surface area contributed by atoms with E-state index in [-0.39, 0.29) is 23.9 Å². The zero-order chi connectivity index (χ0) is 15.5. The summed E-state index contributed by atoms with van der Waals surface area (Å²) in [6.45, 7) is 2.11. The van der Waals surface area contributed by atoms with E-state index in [9.17, 15) is 22.4 Å². The zero-order valence-electron chi connectivity index (χ0n) is 11.7. The normalized spacial score (nSPS) is 18.5. The van der Waals surface area contributed by atoms with Gasteiger partial charge in [-0.15, -0.1) is 12.4 Å². The van der Waals surface area contributed by atoms with Crippen molar-refractivity contribution in [1.29, 1.82) is 0 Å². The number of nitrogens with one attached hydrogen (secondary N) is 2. The van der Waals surface area contributed by atoms with E-state index in [0.29, 0.717) is 18.7 Å². The molecule has 0 radical (unpaired) electrons. The van der Waals surface area contributed by atoms with Gasteiger partial charge in [0.05, 0.1) is 5.56 Å². The largest absolute Gasteiger partial charge is 0.419 e. The van der Waals surface area contributed by atoms with Crippen molar-refractivity contribution in [3.8, 4) is 0 Å². The molecule has 0 saturated carbocycles. The zero-order valence-corrected chi connectivity index (χ0v) is 12.5. The Morgan fingerprint density at radius 1 is 1.36 bits per heavy atom. The minimum absolute atomic E-state index is 0. The van der Waals surface area contributed by atoms with E-state index in [2.05, 4.69) is 10.6 Å². The van der Waals surface area contributed by atoms with E-state index in [1.807, 2.05) is 0 Å². The molecule has 1 fully saturated rings. The molecule has 2 N–H and O–H groups in total. The van der Waals surface area contributed by atoms with Gasteiger partial charge in [0.15, 0.2) is 0 Å². The molecule has 1 unspecified atom stereocenters. The fourth-order valence-corrected chi connectivity index (χ4v) is 2.32. The third kappa shape index (κ3) is 4.84. The van der Waals surface area contributed by atoms with Gasteiger partial charge in [0.1, 0.15) is 5.82 Å². The Bertz CT molecular complexity index is 516. The molecule has 1 aromatic rings. The number of hydrogen-bond donors (Lipinski definition) is 2. The monoisotopic (exact) mass is 340 g/mol. The third-order valence-corrected chi connectivity index (χ3v) is 3.48. The van der Waals surface area contributed by atoms with E-state index < -0.39 is 23.5 Å². The first-order valence-electron chi connectivity index (χ1n) is 6.73. The molecule has 0 aromatic heterocycles. The number of rotatable bonds is 3. The molecule has 0 aliphatic carbocycles. The van der Waals surface area contributed by atoms with Crippen LogP contribution in [-0.4, -0.2) is 25.5 Å². The molecule has 1 saturated heterocycles. The standard InChI is InChI=1S/C14H16F4N2O.ClH/c15-12-4-3-10(6-11(12)14(16,17)18)13(21)20-8-9-2-1-5-19-7-9;/h3-4,6,9,19H,1-2,5,7-8H2,(H,20,21);1H. The van der Waals surface area contributed by atoms with Gasteiger partial charge in [0, 0.05) is 12.1 Å². The maximum atomic E-state index is 13.1. The molecule has 1 aliphatic rings. The topological polar surface area (TPSA) is 41.1 Å². The highest BCUT2D eigenvalue weighted by atomic mass is 35.5. The van der Waals surface area contributed by atoms with E-state index in [1.54, 1.807) is 0 Å². The molecular formula is C14H17ClF4N2O. The molecule has 0 spiro atoms. The lowest BCUT2D eigenvalue weighted by Crippen LogP contribution is -2.38. The maximum absolute atomic E-state index is 13.1. The van der Waals surface area contributed by atoms with Crippen LogP contribution in [0.25, 0.3) is 0 Å². The summed E-state index contributed by atoms with van der Waals surface area (Å²) in [6, 6.07) is 2.27. The molecule has 2 rings (SSSR count). The molecular weight excluding hydrogens is 324 g/mol. The van der Waals surface area contributed by atoms with Crippen LogP contribution in [-0.2, 0) is 6.18 Å². The van der Waals surface area contributed by atoms with E-state index >= 15 is 0 Å². The number of alkyl halides is 3. The fourth-order valence-electron chi connectivity index (χ4n) is 2.32. The number of amides is 1. The first-order chi connectivity index (χ1) is 9.88. The van der Waals surface area contributed by atoms with Gasteiger partial charge in [-0.25, -0.2) is 4.39 Å². The maximum Gasteiger partial charge on any atom is 0.419 e. The number of halogens is 5. The Morgan fingerprint density at radius 3 is 2.68 bits per heavy atom. The van der Waals surface area contributed by atoms with Gasteiger partial charge in [-0.05, 0) is 50.0 Å². The van der Waals surface area contributed by atoms with E-state index in [4.69, 9.17) is 0 Å². The van der Waals surface area contributed by atoms with Crippen LogP contribution in [0.2, 0.25) is 0 Å². The van der Waals surface area contributed by atoms with Crippen molar-refractivity contribution in [2.45, 2.75) is 19.0 Å². The number of carbonyl (C=O) groups excluding carboxylic acids is 1. The first-order valence-corrected chi connectivity index (χ1v) is 6.73. The lowest BCUT2D eigenvalue weighted by molar-refractivity contribution is -0.140. The Hall–Kier alpha value is -1.34. The van der Waals surface area contributed by atoms with Crippen molar-refractivity contribution in [1.82, 2.24) is 10.6 Å². The second-order valence-electron chi connectivity index (χ2n) is 5.11. The summed E-state index contributed by atoms with van der Waals surface area (Å²) >= 11 is 0. The van der Waals surface area contributed by atoms with Crippen LogP contribution in [0.3, 0.4) is 0 Å². The van der Waals surface area contributed by atoms with E-state index in [0.717, 1.165) is 32.0 Å². The lowest BCUT2D eigenvalue weighted by Gasteiger charge is -2.22. The highest BCUT2D eigenvalue weighted by Crippen LogP contribution is 2.31. The van der Waals surface area contributed by atoms with Crippen LogP contribution in [0.4, 0.5) is 17.6 Å². The molecule has 1 atom stereocenters. The van der Waals surface area contributed by atoms with Crippen molar-refractivity contribution in [3.63, 3.8) is 0 Å². The molecule has 8 heteroatoms. The summed E-state index contributed by atoms with van der Waals surface area (Å²) in [5.41, 5.74) is -1.61. The van der Waals surface area contributed by atoms with Crippen molar-refractivity contribution < 1.29 is 22.4 Å². The van der Waals surface area contributed by atoms with Crippen molar-refractivity contribution >= 4 is 18.3 Å². The number of benzene rings is 1. The van der Waals surface area contributed by atoms with Gasteiger partial charge in [-0.3, -0.25) is 4.79 Å². The molecule has 3 nitrogen and oxygen atoms in total. The van der Waals surface area contributed by atoms with Crippen molar-refractivity contribution in [2.75, 3.05) is 19.6 Å². The SMILES string of the molecule is Cl.O=C(NCC1CCCNC1)c1ccc(F)c(C(F)(F)F)c1. The quantitative estimate of drug-likeness (QED) is 0.831. The van der Waals surface area contributed by atoms with Crippen molar-refractivity contribution in [2.24, 2.45) is 5.92 Å². The van der Waals surface area contributed by atoms with Gasteiger partial charge >= 0.3 is 6.18 Å². The number of piperidine rings is 1.